The van der Waals surface area contributed by atoms with Crippen LogP contribution in [0.4, 0.5) is 0 Å². The van der Waals surface area contributed by atoms with Crippen molar-refractivity contribution < 1.29 is 9.59 Å². The van der Waals surface area contributed by atoms with E-state index in [1.165, 1.54) is 0 Å². The van der Waals surface area contributed by atoms with Crippen molar-refractivity contribution in [1.82, 2.24) is 0 Å². The van der Waals surface area contributed by atoms with Crippen molar-refractivity contribution in [3.63, 3.8) is 0 Å². The number of hydrogen-bond donors (Lipinski definition) is 0. The fraction of sp³-hybridized carbons (Fsp3) is 0.667. The average molecular weight is 195 g/mol. The molecule has 0 saturated carbocycles. The van der Waals surface area contributed by atoms with Gasteiger partial charge in [-0.05, 0) is 0 Å². The van der Waals surface area contributed by atoms with Crippen LogP contribution >= 0.6 is 15.9 Å². The summed E-state index contributed by atoms with van der Waals surface area (Å²) in [6, 6.07) is 0. The second-order valence-electron chi connectivity index (χ2n) is 1.22. The van der Waals surface area contributed by atoms with Crippen LogP contribution in [0.3, 0.4) is 0 Å². The maximum Gasteiger partial charge on any atom is 0.120 e. The van der Waals surface area contributed by atoms with Gasteiger partial charge in [-0.2, -0.15) is 0 Å². The number of carbonyl (C=O) groups is 2. The van der Waals surface area contributed by atoms with Crippen molar-refractivity contribution >= 4 is 28.5 Å². The van der Waals surface area contributed by atoms with Gasteiger partial charge in [-0.1, -0.05) is 22.9 Å². The number of halogens is 1. The molecule has 0 aliphatic carbocycles. The lowest BCUT2D eigenvalue weighted by molar-refractivity contribution is -0.108. The fourth-order valence-corrected chi connectivity index (χ4v) is 0.231. The molecule has 0 radical (unpaired) electrons. The van der Waals surface area contributed by atoms with E-state index in [1.807, 2.05) is 6.92 Å². The predicted octanol–water partition coefficient (Wildman–Crippen LogP) is 1.57. The number of hydrogen-bond acceptors (Lipinski definition) is 2. The molecule has 0 amide bonds. The summed E-state index contributed by atoms with van der Waals surface area (Å²) < 4.78 is 0. The Morgan fingerprint density at radius 3 is 1.78 bits per heavy atom. The van der Waals surface area contributed by atoms with E-state index in [0.29, 0.717) is 12.8 Å². The quantitative estimate of drug-likeness (QED) is 0.505. The molecular formula is C6H11BrO2. The molecule has 0 aromatic rings. The van der Waals surface area contributed by atoms with Gasteiger partial charge in [0.1, 0.15) is 12.6 Å². The van der Waals surface area contributed by atoms with Gasteiger partial charge < -0.3 is 9.59 Å². The van der Waals surface area contributed by atoms with Gasteiger partial charge in [-0.15, -0.1) is 0 Å². The smallest absolute Gasteiger partial charge is 0.120 e. The van der Waals surface area contributed by atoms with Crippen LogP contribution in [-0.2, 0) is 9.59 Å². The number of alkyl halides is 1. The number of aldehydes is 2. The first-order chi connectivity index (χ1) is 4.33. The van der Waals surface area contributed by atoms with Crippen molar-refractivity contribution in [2.45, 2.75) is 19.8 Å². The van der Waals surface area contributed by atoms with Crippen LogP contribution in [0.5, 0.6) is 0 Å². The second kappa shape index (κ2) is 15.7. The lowest BCUT2D eigenvalue weighted by Crippen LogP contribution is -1.69. The minimum atomic E-state index is 0.625. The summed E-state index contributed by atoms with van der Waals surface area (Å²) in [6.07, 6.45) is 3.02. The highest BCUT2D eigenvalue weighted by Crippen LogP contribution is 1.79. The van der Waals surface area contributed by atoms with Gasteiger partial charge in [0.15, 0.2) is 0 Å². The van der Waals surface area contributed by atoms with Crippen LogP contribution in [0.1, 0.15) is 19.8 Å². The first-order valence-electron chi connectivity index (χ1n) is 2.76. The van der Waals surface area contributed by atoms with Gasteiger partial charge in [0, 0.05) is 18.2 Å². The Hall–Kier alpha value is -0.180. The summed E-state index contributed by atoms with van der Waals surface area (Å²) in [5.74, 6) is 0. The van der Waals surface area contributed by atoms with Crippen LogP contribution in [0, 0.1) is 0 Å². The molecule has 0 aliphatic heterocycles. The molecule has 0 atom stereocenters. The van der Waals surface area contributed by atoms with E-state index in [-0.39, 0.29) is 0 Å². The summed E-state index contributed by atoms with van der Waals surface area (Å²) in [6.45, 7) is 1.81. The number of carbonyl (C=O) groups excluding carboxylic acids is 2. The van der Waals surface area contributed by atoms with Gasteiger partial charge in [0.2, 0.25) is 0 Å². The molecule has 0 heterocycles. The van der Waals surface area contributed by atoms with Gasteiger partial charge >= 0.3 is 0 Å². The van der Waals surface area contributed by atoms with Gasteiger partial charge in [-0.3, -0.25) is 0 Å². The predicted molar refractivity (Wildman–Crippen MR) is 40.8 cm³/mol. The van der Waals surface area contributed by atoms with Crippen LogP contribution in [-0.4, -0.2) is 17.9 Å². The van der Waals surface area contributed by atoms with Crippen molar-refractivity contribution in [2.24, 2.45) is 0 Å². The van der Waals surface area contributed by atoms with E-state index in [0.717, 1.165) is 17.9 Å². The standard InChI is InChI=1S/C3H5BrO.C3H6O/c4-2-1-3-5;1-2-3-4/h3H,1-2H2;3H,2H2,1H3. The molecule has 0 aromatic carbocycles. The summed E-state index contributed by atoms with van der Waals surface area (Å²) in [7, 11) is 0. The zero-order valence-electron chi connectivity index (χ0n) is 5.47. The molecule has 0 saturated heterocycles. The Kier molecular flexibility index (Phi) is 20.2. The average Bonchev–Trinajstić information content (AvgIpc) is 1.91. The molecule has 0 N–H and O–H groups in total. The first-order valence-corrected chi connectivity index (χ1v) is 3.88. The van der Waals surface area contributed by atoms with Crippen LogP contribution in [0.25, 0.3) is 0 Å². The third-order valence-corrected chi connectivity index (χ3v) is 0.851. The topological polar surface area (TPSA) is 34.1 Å². The largest absolute Gasteiger partial charge is 0.303 e. The van der Waals surface area contributed by atoms with Crippen LogP contribution in [0.15, 0.2) is 0 Å². The Labute approximate surface area is 63.8 Å². The highest BCUT2D eigenvalue weighted by atomic mass is 79.9. The zero-order chi connectivity index (χ0) is 7.54. The highest BCUT2D eigenvalue weighted by molar-refractivity contribution is 9.09. The third kappa shape index (κ3) is 33.3. The third-order valence-electron chi connectivity index (χ3n) is 0.394. The maximum atomic E-state index is 9.37. The summed E-state index contributed by atoms with van der Waals surface area (Å²) in [4.78, 5) is 18.5. The molecule has 0 unspecified atom stereocenters. The van der Waals surface area contributed by atoms with Crippen molar-refractivity contribution in [1.29, 1.82) is 0 Å². The van der Waals surface area contributed by atoms with Gasteiger partial charge in [-0.25, -0.2) is 0 Å². The van der Waals surface area contributed by atoms with E-state index in [4.69, 9.17) is 0 Å². The van der Waals surface area contributed by atoms with Crippen molar-refractivity contribution in [3.05, 3.63) is 0 Å². The summed E-state index contributed by atoms with van der Waals surface area (Å²) >= 11 is 3.08. The molecule has 0 bridgehead atoms. The van der Waals surface area contributed by atoms with Gasteiger partial charge in [0.25, 0.3) is 0 Å². The summed E-state index contributed by atoms with van der Waals surface area (Å²) in [5, 5.41) is 0.788. The highest BCUT2D eigenvalue weighted by Gasteiger charge is 1.68. The molecule has 2 nitrogen and oxygen atoms in total. The second-order valence-corrected chi connectivity index (χ2v) is 2.01. The molecule has 0 fully saturated rings. The molecular weight excluding hydrogens is 184 g/mol. The Morgan fingerprint density at radius 2 is 1.78 bits per heavy atom. The maximum absolute atomic E-state index is 9.37. The molecule has 0 rings (SSSR count). The van der Waals surface area contributed by atoms with E-state index in [1.54, 1.807) is 0 Å². The molecule has 0 spiro atoms. The number of rotatable bonds is 3. The van der Waals surface area contributed by atoms with Gasteiger partial charge in [0.05, 0.1) is 0 Å². The first kappa shape index (κ1) is 11.6. The Bertz CT molecular complexity index is 64.1. The minimum Gasteiger partial charge on any atom is -0.303 e. The van der Waals surface area contributed by atoms with E-state index in [9.17, 15) is 9.59 Å². The summed E-state index contributed by atoms with van der Waals surface area (Å²) in [5.41, 5.74) is 0. The SMILES string of the molecule is CCC=O.O=CCCBr. The zero-order valence-corrected chi connectivity index (χ0v) is 7.06. The fourth-order valence-electron chi connectivity index (χ4n) is 0.0445. The van der Waals surface area contributed by atoms with E-state index >= 15 is 0 Å². The van der Waals surface area contributed by atoms with E-state index < -0.39 is 0 Å². The molecule has 9 heavy (non-hydrogen) atoms. The monoisotopic (exact) mass is 194 g/mol. The minimum absolute atomic E-state index is 0.625. The Balaban J connectivity index is 0. The molecule has 54 valence electrons. The van der Waals surface area contributed by atoms with Crippen molar-refractivity contribution in [3.8, 4) is 0 Å². The molecule has 3 heteroatoms. The van der Waals surface area contributed by atoms with E-state index in [2.05, 4.69) is 15.9 Å². The van der Waals surface area contributed by atoms with Crippen LogP contribution < -0.4 is 0 Å². The molecule has 0 aliphatic rings. The molecule has 0 aromatic heterocycles. The lowest BCUT2D eigenvalue weighted by Gasteiger charge is -1.66. The van der Waals surface area contributed by atoms with Crippen molar-refractivity contribution in [2.75, 3.05) is 5.33 Å². The lowest BCUT2D eigenvalue weighted by atomic mass is 10.6. The van der Waals surface area contributed by atoms with Crippen LogP contribution in [0.2, 0.25) is 0 Å². The Morgan fingerprint density at radius 1 is 1.33 bits per heavy atom. The normalized spacial score (nSPS) is 6.89.